The fourth-order valence-electron chi connectivity index (χ4n) is 5.14. The maximum absolute atomic E-state index is 13.8. The van der Waals surface area contributed by atoms with Crippen molar-refractivity contribution >= 4 is 11.6 Å². The number of halogens is 2. The normalized spacial score (nSPS) is 25.3. The maximum atomic E-state index is 13.8. The van der Waals surface area contributed by atoms with Crippen LogP contribution in [0, 0.1) is 17.7 Å². The molecule has 2 aromatic carbocycles. The summed E-state index contributed by atoms with van der Waals surface area (Å²) in [6, 6.07) is 11.9. The van der Waals surface area contributed by atoms with E-state index >= 15 is 0 Å². The zero-order chi connectivity index (χ0) is 17.4. The van der Waals surface area contributed by atoms with E-state index in [-0.39, 0.29) is 10.8 Å². The molecule has 25 heavy (non-hydrogen) atoms. The van der Waals surface area contributed by atoms with Crippen LogP contribution in [-0.4, -0.2) is 0 Å². The summed E-state index contributed by atoms with van der Waals surface area (Å²) in [7, 11) is 0. The summed E-state index contributed by atoms with van der Waals surface area (Å²) < 4.78 is 13.8. The number of benzene rings is 2. The zero-order valence-corrected chi connectivity index (χ0v) is 15.7. The Morgan fingerprint density at radius 3 is 2.64 bits per heavy atom. The molecular weight excluding hydrogens is 331 g/mol. The molecule has 0 saturated heterocycles. The smallest absolute Gasteiger partial charge is 0.142 e. The van der Waals surface area contributed by atoms with E-state index in [2.05, 4.69) is 25.1 Å². The molecule has 132 valence electrons. The highest BCUT2D eigenvalue weighted by Gasteiger charge is 2.34. The van der Waals surface area contributed by atoms with Crippen molar-refractivity contribution in [2.45, 2.75) is 57.8 Å². The largest absolute Gasteiger partial charge is 0.205 e. The van der Waals surface area contributed by atoms with E-state index in [1.165, 1.54) is 50.5 Å². The first kappa shape index (κ1) is 17.1. The van der Waals surface area contributed by atoms with E-state index in [0.29, 0.717) is 0 Å². The lowest BCUT2D eigenvalue weighted by Gasteiger charge is -2.40. The fraction of sp³-hybridized carbons (Fsp3) is 0.478. The molecule has 4 rings (SSSR count). The molecule has 2 aliphatic carbocycles. The summed E-state index contributed by atoms with van der Waals surface area (Å²) >= 11 is 5.82. The molecule has 0 aliphatic heterocycles. The van der Waals surface area contributed by atoms with Gasteiger partial charge in [-0.1, -0.05) is 55.6 Å². The van der Waals surface area contributed by atoms with E-state index in [1.807, 2.05) is 6.07 Å². The number of aryl methyl sites for hydroxylation is 1. The van der Waals surface area contributed by atoms with Gasteiger partial charge in [0.1, 0.15) is 5.82 Å². The second kappa shape index (κ2) is 7.11. The van der Waals surface area contributed by atoms with E-state index in [1.54, 1.807) is 17.7 Å². The van der Waals surface area contributed by atoms with Crippen LogP contribution in [-0.2, 0) is 6.42 Å². The molecule has 0 bridgehead atoms. The third-order valence-corrected chi connectivity index (χ3v) is 6.67. The summed E-state index contributed by atoms with van der Waals surface area (Å²) in [5.41, 5.74) is 5.05. The first-order valence-corrected chi connectivity index (χ1v) is 10.1. The molecule has 1 saturated carbocycles. The number of hydrogen-bond acceptors (Lipinski definition) is 0. The topological polar surface area (TPSA) is 0 Å². The predicted molar refractivity (Wildman–Crippen MR) is 104 cm³/mol. The number of hydrogen-bond donors (Lipinski definition) is 0. The van der Waals surface area contributed by atoms with Crippen LogP contribution >= 0.6 is 11.6 Å². The van der Waals surface area contributed by atoms with Crippen molar-refractivity contribution in [1.29, 1.82) is 0 Å². The standard InChI is InChI=1S/C23H26ClF/c1-2-3-15-4-9-20-18(12-15)5-6-19-13-16(7-10-21(19)20)17-8-11-22(24)23(25)14-17/h7-8,10-11,13-15,18,20H,2-6,9,12H2,1H3. The third-order valence-electron chi connectivity index (χ3n) is 6.37. The lowest BCUT2D eigenvalue weighted by Crippen LogP contribution is -2.28. The van der Waals surface area contributed by atoms with E-state index in [9.17, 15) is 4.39 Å². The molecule has 0 N–H and O–H groups in total. The van der Waals surface area contributed by atoms with Gasteiger partial charge >= 0.3 is 0 Å². The van der Waals surface area contributed by atoms with E-state index < -0.39 is 0 Å². The van der Waals surface area contributed by atoms with Crippen LogP contribution in [0.5, 0.6) is 0 Å². The Hall–Kier alpha value is -1.34. The molecule has 0 heterocycles. The van der Waals surface area contributed by atoms with Gasteiger partial charge in [-0.3, -0.25) is 0 Å². The highest BCUT2D eigenvalue weighted by molar-refractivity contribution is 6.30. The third kappa shape index (κ3) is 3.36. The number of rotatable bonds is 3. The van der Waals surface area contributed by atoms with Crippen molar-refractivity contribution in [2.75, 3.05) is 0 Å². The summed E-state index contributed by atoms with van der Waals surface area (Å²) in [6.45, 7) is 2.31. The minimum Gasteiger partial charge on any atom is -0.205 e. The Balaban J connectivity index is 1.59. The lowest BCUT2D eigenvalue weighted by molar-refractivity contribution is 0.201. The highest BCUT2D eigenvalue weighted by atomic mass is 35.5. The van der Waals surface area contributed by atoms with Crippen molar-refractivity contribution in [3.63, 3.8) is 0 Å². The van der Waals surface area contributed by atoms with Crippen LogP contribution < -0.4 is 0 Å². The minimum absolute atomic E-state index is 0.188. The van der Waals surface area contributed by atoms with Crippen molar-refractivity contribution < 1.29 is 4.39 Å². The Morgan fingerprint density at radius 1 is 1.04 bits per heavy atom. The SMILES string of the molecule is CCCC1CCC2c3ccc(-c4ccc(Cl)c(F)c4)cc3CCC2C1. The van der Waals surface area contributed by atoms with Crippen LogP contribution in [0.4, 0.5) is 4.39 Å². The molecule has 2 aliphatic rings. The molecule has 0 spiro atoms. The Morgan fingerprint density at radius 2 is 1.84 bits per heavy atom. The van der Waals surface area contributed by atoms with Crippen molar-refractivity contribution in [3.8, 4) is 11.1 Å². The van der Waals surface area contributed by atoms with E-state index in [0.717, 1.165) is 28.9 Å². The van der Waals surface area contributed by atoms with Crippen LogP contribution in [0.3, 0.4) is 0 Å². The fourth-order valence-corrected chi connectivity index (χ4v) is 5.26. The van der Waals surface area contributed by atoms with Crippen molar-refractivity contribution in [2.24, 2.45) is 11.8 Å². The van der Waals surface area contributed by atoms with Crippen LogP contribution in [0.1, 0.15) is 62.5 Å². The highest BCUT2D eigenvalue weighted by Crippen LogP contribution is 2.48. The number of fused-ring (bicyclic) bond motifs is 3. The van der Waals surface area contributed by atoms with Gasteiger partial charge in [0.25, 0.3) is 0 Å². The molecule has 2 aromatic rings. The molecule has 0 nitrogen and oxygen atoms in total. The van der Waals surface area contributed by atoms with Gasteiger partial charge in [0.05, 0.1) is 5.02 Å². The summed E-state index contributed by atoms with van der Waals surface area (Å²) in [6.07, 6.45) is 9.35. The Bertz CT molecular complexity index is 767. The lowest BCUT2D eigenvalue weighted by atomic mass is 9.64. The quantitative estimate of drug-likeness (QED) is 0.537. The first-order chi connectivity index (χ1) is 12.2. The average Bonchev–Trinajstić information content (AvgIpc) is 2.63. The van der Waals surface area contributed by atoms with Gasteiger partial charge < -0.3 is 0 Å². The van der Waals surface area contributed by atoms with Gasteiger partial charge in [0.15, 0.2) is 0 Å². The first-order valence-electron chi connectivity index (χ1n) is 9.74. The minimum atomic E-state index is -0.341. The summed E-state index contributed by atoms with van der Waals surface area (Å²) in [5.74, 6) is 2.22. The molecule has 1 fully saturated rings. The van der Waals surface area contributed by atoms with Gasteiger partial charge in [0.2, 0.25) is 0 Å². The molecule has 0 aromatic heterocycles. The average molecular weight is 357 g/mol. The second-order valence-electron chi connectivity index (χ2n) is 7.92. The van der Waals surface area contributed by atoms with Gasteiger partial charge in [-0.05, 0) is 84.2 Å². The van der Waals surface area contributed by atoms with Gasteiger partial charge in [-0.15, -0.1) is 0 Å². The predicted octanol–water partition coefficient (Wildman–Crippen LogP) is 7.39. The molecule has 2 heteroatoms. The van der Waals surface area contributed by atoms with Crippen LogP contribution in [0.25, 0.3) is 11.1 Å². The van der Waals surface area contributed by atoms with Crippen LogP contribution in [0.2, 0.25) is 5.02 Å². The molecule has 0 radical (unpaired) electrons. The monoisotopic (exact) mass is 356 g/mol. The van der Waals surface area contributed by atoms with E-state index in [4.69, 9.17) is 11.6 Å². The molecule has 3 unspecified atom stereocenters. The summed E-state index contributed by atoms with van der Waals surface area (Å²) in [5, 5.41) is 0.188. The maximum Gasteiger partial charge on any atom is 0.142 e. The molecule has 0 amide bonds. The van der Waals surface area contributed by atoms with Crippen molar-refractivity contribution in [1.82, 2.24) is 0 Å². The molecular formula is C23H26ClF. The summed E-state index contributed by atoms with van der Waals surface area (Å²) in [4.78, 5) is 0. The van der Waals surface area contributed by atoms with Crippen LogP contribution in [0.15, 0.2) is 36.4 Å². The van der Waals surface area contributed by atoms with Gasteiger partial charge in [-0.2, -0.15) is 0 Å². The van der Waals surface area contributed by atoms with Crippen molar-refractivity contribution in [3.05, 3.63) is 58.4 Å². The zero-order valence-electron chi connectivity index (χ0n) is 14.9. The Kier molecular flexibility index (Phi) is 4.86. The van der Waals surface area contributed by atoms with Gasteiger partial charge in [0, 0.05) is 0 Å². The van der Waals surface area contributed by atoms with Gasteiger partial charge in [-0.25, -0.2) is 4.39 Å². The Labute approximate surface area is 155 Å². The molecule has 3 atom stereocenters. The second-order valence-corrected chi connectivity index (χ2v) is 8.32.